The summed E-state index contributed by atoms with van der Waals surface area (Å²) in [6, 6.07) is 0. The highest BCUT2D eigenvalue weighted by Crippen LogP contribution is 1.86. The van der Waals surface area contributed by atoms with Crippen molar-refractivity contribution in [2.45, 2.75) is 6.92 Å². The van der Waals surface area contributed by atoms with E-state index >= 15 is 0 Å². The summed E-state index contributed by atoms with van der Waals surface area (Å²) in [5, 5.41) is 0. The van der Waals surface area contributed by atoms with Crippen molar-refractivity contribution in [2.75, 3.05) is 14.1 Å². The summed E-state index contributed by atoms with van der Waals surface area (Å²) < 4.78 is 1.79. The minimum Gasteiger partial charge on any atom is -0.296 e. The lowest BCUT2D eigenvalue weighted by Crippen LogP contribution is -1.97. The molecule has 0 rings (SSSR count). The molecular formula is C7H13N2+. The van der Waals surface area contributed by atoms with Gasteiger partial charge in [-0.1, -0.05) is 0 Å². The van der Waals surface area contributed by atoms with Gasteiger partial charge in [-0.15, -0.1) is 0 Å². The summed E-state index contributed by atoms with van der Waals surface area (Å²) in [6.07, 6.45) is 3.66. The van der Waals surface area contributed by atoms with Crippen LogP contribution in [-0.4, -0.2) is 31.6 Å². The molecular weight excluding hydrogens is 112 g/mol. The Kier molecular flexibility index (Phi) is 3.60. The Labute approximate surface area is 56.2 Å². The van der Waals surface area contributed by atoms with Gasteiger partial charge in [0.25, 0.3) is 0 Å². The molecule has 0 aromatic carbocycles. The molecule has 0 saturated heterocycles. The van der Waals surface area contributed by atoms with Gasteiger partial charge in [0.15, 0.2) is 5.70 Å². The lowest BCUT2D eigenvalue weighted by Gasteiger charge is -1.87. The van der Waals surface area contributed by atoms with Gasteiger partial charge in [0.2, 0.25) is 0 Å². The zero-order chi connectivity index (χ0) is 7.28. The molecule has 0 atom stereocenters. The summed E-state index contributed by atoms with van der Waals surface area (Å²) in [4.78, 5) is 3.80. The molecule has 0 heterocycles. The van der Waals surface area contributed by atoms with E-state index in [4.69, 9.17) is 0 Å². The van der Waals surface area contributed by atoms with Gasteiger partial charge in [-0.25, -0.2) is 4.58 Å². The summed E-state index contributed by atoms with van der Waals surface area (Å²) in [5.41, 5.74) is 1.10. The molecule has 0 aliphatic rings. The van der Waals surface area contributed by atoms with E-state index in [2.05, 4.69) is 11.7 Å². The molecule has 9 heavy (non-hydrogen) atoms. The van der Waals surface area contributed by atoms with Crippen molar-refractivity contribution in [3.8, 4) is 0 Å². The maximum atomic E-state index is 3.80. The minimum atomic E-state index is 1.10. The van der Waals surface area contributed by atoms with Gasteiger partial charge in [0, 0.05) is 26.3 Å². The molecule has 0 unspecified atom stereocenters. The second-order valence-corrected chi connectivity index (χ2v) is 1.91. The molecule has 2 nitrogen and oxygen atoms in total. The molecule has 0 spiro atoms. The number of hydrogen-bond donors (Lipinski definition) is 0. The van der Waals surface area contributed by atoms with Gasteiger partial charge in [-0.3, -0.25) is 4.99 Å². The monoisotopic (exact) mass is 125 g/mol. The van der Waals surface area contributed by atoms with E-state index in [0.29, 0.717) is 0 Å². The fourth-order valence-electron chi connectivity index (χ4n) is 0.310. The van der Waals surface area contributed by atoms with Crippen LogP contribution < -0.4 is 0 Å². The van der Waals surface area contributed by atoms with E-state index in [9.17, 15) is 0 Å². The molecule has 0 amide bonds. The summed E-state index contributed by atoms with van der Waals surface area (Å²) >= 11 is 0. The predicted octanol–water partition coefficient (Wildman–Crippen LogP) is 0.934. The summed E-state index contributed by atoms with van der Waals surface area (Å²) in [6.45, 7) is 5.68. The van der Waals surface area contributed by atoms with Gasteiger partial charge in [0.1, 0.15) is 13.8 Å². The molecule has 0 aliphatic carbocycles. The Bertz CT molecular complexity index is 154. The Morgan fingerprint density at radius 1 is 1.67 bits per heavy atom. The van der Waals surface area contributed by atoms with Crippen molar-refractivity contribution in [2.24, 2.45) is 4.99 Å². The van der Waals surface area contributed by atoms with Crippen LogP contribution in [0.5, 0.6) is 0 Å². The van der Waals surface area contributed by atoms with Crippen molar-refractivity contribution in [1.29, 1.82) is 0 Å². The summed E-state index contributed by atoms with van der Waals surface area (Å²) in [5.74, 6) is 0. The lowest BCUT2D eigenvalue weighted by molar-refractivity contribution is -0.433. The Hall–Kier alpha value is -0.920. The van der Waals surface area contributed by atoms with E-state index in [-0.39, 0.29) is 0 Å². The minimum absolute atomic E-state index is 1.10. The molecule has 0 fully saturated rings. The van der Waals surface area contributed by atoms with Gasteiger partial charge in [0.05, 0.1) is 0 Å². The van der Waals surface area contributed by atoms with E-state index in [1.54, 1.807) is 17.8 Å². The third-order valence-corrected chi connectivity index (χ3v) is 1.07. The number of rotatable bonds is 2. The van der Waals surface area contributed by atoms with Crippen LogP contribution in [0.15, 0.2) is 16.8 Å². The van der Waals surface area contributed by atoms with Crippen molar-refractivity contribution in [1.82, 2.24) is 0 Å². The first-order chi connectivity index (χ1) is 4.18. The highest BCUT2D eigenvalue weighted by Gasteiger charge is 1.91. The van der Waals surface area contributed by atoms with Crippen LogP contribution in [0.1, 0.15) is 6.92 Å². The normalized spacial score (nSPS) is 12.6. The lowest BCUT2D eigenvalue weighted by atomic mass is 10.4. The van der Waals surface area contributed by atoms with Crippen LogP contribution >= 0.6 is 0 Å². The number of hydrogen-bond acceptors (Lipinski definition) is 1. The van der Waals surface area contributed by atoms with Crippen LogP contribution in [-0.2, 0) is 0 Å². The molecule has 0 aromatic heterocycles. The number of aliphatic imine (C=N–C) groups is 1. The second-order valence-electron chi connectivity index (χ2n) is 1.91. The van der Waals surface area contributed by atoms with E-state index in [1.807, 2.05) is 20.0 Å². The highest BCUT2D eigenvalue weighted by atomic mass is 14.9. The third-order valence-electron chi connectivity index (χ3n) is 1.07. The van der Waals surface area contributed by atoms with Gasteiger partial charge in [-0.2, -0.15) is 0 Å². The Morgan fingerprint density at radius 2 is 2.22 bits per heavy atom. The second kappa shape index (κ2) is 4.01. The highest BCUT2D eigenvalue weighted by molar-refractivity contribution is 5.71. The predicted molar refractivity (Wildman–Crippen MR) is 41.5 cm³/mol. The van der Waals surface area contributed by atoms with E-state index in [0.717, 1.165) is 5.70 Å². The van der Waals surface area contributed by atoms with Crippen molar-refractivity contribution >= 4 is 12.9 Å². The first-order valence-electron chi connectivity index (χ1n) is 2.81. The molecule has 50 valence electrons. The smallest absolute Gasteiger partial charge is 0.178 e. The first-order valence-corrected chi connectivity index (χ1v) is 2.81. The number of nitrogens with zero attached hydrogens (tertiary/aromatic N) is 2. The van der Waals surface area contributed by atoms with Crippen LogP contribution in [0.4, 0.5) is 0 Å². The van der Waals surface area contributed by atoms with Crippen LogP contribution in [0.3, 0.4) is 0 Å². The molecule has 0 radical (unpaired) electrons. The SMILES string of the molecule is C=[N+](C)/C(C)=C\C=N/C. The third kappa shape index (κ3) is 3.64. The van der Waals surface area contributed by atoms with Crippen molar-refractivity contribution in [3.63, 3.8) is 0 Å². The zero-order valence-electron chi connectivity index (χ0n) is 6.26. The maximum absolute atomic E-state index is 3.80. The van der Waals surface area contributed by atoms with Crippen LogP contribution in [0.2, 0.25) is 0 Å². The average Bonchev–Trinajstić information content (AvgIpc) is 1.82. The molecule has 0 aromatic rings. The summed E-state index contributed by atoms with van der Waals surface area (Å²) in [7, 11) is 3.64. The first kappa shape index (κ1) is 8.08. The fourth-order valence-corrected chi connectivity index (χ4v) is 0.310. The van der Waals surface area contributed by atoms with Crippen molar-refractivity contribution in [3.05, 3.63) is 11.8 Å². The average molecular weight is 125 g/mol. The maximum Gasteiger partial charge on any atom is 0.178 e. The molecule has 0 saturated carbocycles. The Balaban J connectivity index is 4.00. The molecule has 0 bridgehead atoms. The largest absolute Gasteiger partial charge is 0.296 e. The number of allylic oxidation sites excluding steroid dienone is 2. The fraction of sp³-hybridized carbons (Fsp3) is 0.429. The zero-order valence-corrected chi connectivity index (χ0v) is 6.26. The Morgan fingerprint density at radius 3 is 2.56 bits per heavy atom. The molecule has 2 heteroatoms. The molecule has 0 N–H and O–H groups in total. The standard InChI is InChI=1S/C7H13N2/c1-7(9(3)4)5-6-8-2/h5-6H,3H2,1-2,4H3/q+1/b7-5-,8-6-. The van der Waals surface area contributed by atoms with Gasteiger partial charge in [-0.05, 0) is 0 Å². The quantitative estimate of drug-likeness (QED) is 0.385. The van der Waals surface area contributed by atoms with Crippen molar-refractivity contribution < 1.29 is 4.58 Å². The van der Waals surface area contributed by atoms with E-state index < -0.39 is 0 Å². The van der Waals surface area contributed by atoms with Crippen LogP contribution in [0, 0.1) is 0 Å². The van der Waals surface area contributed by atoms with E-state index in [1.165, 1.54) is 0 Å². The topological polar surface area (TPSA) is 15.4 Å². The van der Waals surface area contributed by atoms with Crippen LogP contribution in [0.25, 0.3) is 0 Å². The van der Waals surface area contributed by atoms with Gasteiger partial charge < -0.3 is 0 Å². The van der Waals surface area contributed by atoms with Gasteiger partial charge >= 0.3 is 0 Å². The molecule has 0 aliphatic heterocycles.